The van der Waals surface area contributed by atoms with Gasteiger partial charge in [0.05, 0.1) is 0 Å². The van der Waals surface area contributed by atoms with Gasteiger partial charge in [0.1, 0.15) is 0 Å². The molecule has 0 aromatic heterocycles. The summed E-state index contributed by atoms with van der Waals surface area (Å²) in [7, 11) is 0. The van der Waals surface area contributed by atoms with Crippen LogP contribution in [0.15, 0.2) is 5.10 Å². The zero-order valence-electron chi connectivity index (χ0n) is 3.87. The van der Waals surface area contributed by atoms with Crippen LogP contribution >= 0.6 is 0 Å². The third-order valence-corrected chi connectivity index (χ3v) is 0.500. The van der Waals surface area contributed by atoms with E-state index < -0.39 is 11.3 Å². The van der Waals surface area contributed by atoms with E-state index in [1.807, 2.05) is 0 Å². The highest BCUT2D eigenvalue weighted by Gasteiger charge is 1.83. The van der Waals surface area contributed by atoms with Gasteiger partial charge in [0.25, 0.3) is 11.3 Å². The molecule has 0 aromatic carbocycles. The second-order valence-electron chi connectivity index (χ2n) is 0.877. The Hall–Kier alpha value is -0.820. The van der Waals surface area contributed by atoms with Crippen molar-refractivity contribution in [3.05, 3.63) is 0 Å². The van der Waals surface area contributed by atoms with Gasteiger partial charge < -0.3 is 11.5 Å². The van der Waals surface area contributed by atoms with E-state index in [4.69, 9.17) is 16.0 Å². The minimum atomic E-state index is -2.18. The fraction of sp³-hybridized carbons (Fsp3) is 0. The maximum absolute atomic E-state index is 9.69. The van der Waals surface area contributed by atoms with E-state index in [9.17, 15) is 4.21 Å². The Labute approximate surface area is 48.3 Å². The molecule has 6 N–H and O–H groups in total. The highest BCUT2D eigenvalue weighted by atomic mass is 32.2. The summed E-state index contributed by atoms with van der Waals surface area (Å²) in [4.78, 5) is 1.71. The Kier molecular flexibility index (Phi) is 2.89. The minimum absolute atomic E-state index is 0.285. The lowest BCUT2D eigenvalue weighted by molar-refractivity contribution is 0.551. The van der Waals surface area contributed by atoms with Crippen molar-refractivity contribution < 1.29 is 8.76 Å². The first-order chi connectivity index (χ1) is 3.63. The number of hydrogen-bond acceptors (Lipinski definition) is 2. The van der Waals surface area contributed by atoms with E-state index in [-0.39, 0.29) is 5.96 Å². The summed E-state index contributed by atoms with van der Waals surface area (Å²) in [5.41, 5.74) is 9.52. The molecule has 0 spiro atoms. The van der Waals surface area contributed by atoms with Crippen molar-refractivity contribution in [2.75, 3.05) is 0 Å². The standard InChI is InChI=1S/CH6N4O2S/c2-1(3)4-5-8(6)7/h5H,(H,6,7)(H4,2,3,4). The first kappa shape index (κ1) is 7.18. The molecule has 6 nitrogen and oxygen atoms in total. The van der Waals surface area contributed by atoms with Crippen LogP contribution in [0.5, 0.6) is 0 Å². The molecule has 0 aliphatic heterocycles. The maximum Gasteiger partial charge on any atom is 0.275 e. The van der Waals surface area contributed by atoms with Gasteiger partial charge in [0, 0.05) is 0 Å². The lowest BCUT2D eigenvalue weighted by Gasteiger charge is -1.89. The van der Waals surface area contributed by atoms with E-state index in [1.54, 1.807) is 4.83 Å². The molecular weight excluding hydrogens is 132 g/mol. The number of nitrogens with two attached hydrogens (primary N) is 2. The summed E-state index contributed by atoms with van der Waals surface area (Å²) in [5.74, 6) is -0.285. The molecule has 1 atom stereocenters. The number of guanidine groups is 1. The lowest BCUT2D eigenvalue weighted by atomic mass is 11.1. The minimum Gasteiger partial charge on any atom is -0.369 e. The molecule has 0 bridgehead atoms. The maximum atomic E-state index is 9.69. The Balaban J connectivity index is 3.45. The molecule has 0 rings (SSSR count). The molecule has 0 fully saturated rings. The van der Waals surface area contributed by atoms with Crippen LogP contribution in [0.2, 0.25) is 0 Å². The van der Waals surface area contributed by atoms with Crippen LogP contribution in [0, 0.1) is 0 Å². The van der Waals surface area contributed by atoms with Crippen LogP contribution in [0.4, 0.5) is 0 Å². The number of rotatable bonds is 2. The van der Waals surface area contributed by atoms with Gasteiger partial charge in [-0.3, -0.25) is 4.55 Å². The first-order valence-electron chi connectivity index (χ1n) is 1.58. The Morgan fingerprint density at radius 2 is 2.25 bits per heavy atom. The smallest absolute Gasteiger partial charge is 0.275 e. The fourth-order valence-corrected chi connectivity index (χ4v) is 0.275. The summed E-state index contributed by atoms with van der Waals surface area (Å²) in [6.07, 6.45) is 0. The largest absolute Gasteiger partial charge is 0.369 e. The number of hydrazone groups is 1. The topological polar surface area (TPSA) is 114 Å². The van der Waals surface area contributed by atoms with Crippen LogP contribution in [0.25, 0.3) is 0 Å². The van der Waals surface area contributed by atoms with E-state index in [0.29, 0.717) is 0 Å². The third-order valence-electron chi connectivity index (χ3n) is 0.253. The van der Waals surface area contributed by atoms with Crippen molar-refractivity contribution in [2.24, 2.45) is 16.6 Å². The summed E-state index contributed by atoms with van der Waals surface area (Å²) < 4.78 is 17.6. The molecular formula is CH6N4O2S. The second-order valence-corrected chi connectivity index (χ2v) is 1.56. The Bertz CT molecular complexity index is 117. The number of nitrogens with one attached hydrogen (secondary N) is 1. The number of hydrogen-bond donors (Lipinski definition) is 4. The fourth-order valence-electron chi connectivity index (χ4n) is 0.0918. The van der Waals surface area contributed by atoms with Gasteiger partial charge in [-0.05, 0) is 0 Å². The molecule has 7 heteroatoms. The van der Waals surface area contributed by atoms with Gasteiger partial charge in [-0.2, -0.15) is 4.83 Å². The van der Waals surface area contributed by atoms with Crippen molar-refractivity contribution in [2.45, 2.75) is 0 Å². The summed E-state index contributed by atoms with van der Waals surface area (Å²) >= 11 is -2.18. The summed E-state index contributed by atoms with van der Waals surface area (Å²) in [5, 5.41) is 3.00. The van der Waals surface area contributed by atoms with Gasteiger partial charge in [-0.15, -0.1) is 5.10 Å². The lowest BCUT2D eigenvalue weighted by Crippen LogP contribution is -2.26. The molecule has 0 amide bonds. The average molecular weight is 138 g/mol. The van der Waals surface area contributed by atoms with Crippen molar-refractivity contribution in [1.82, 2.24) is 4.83 Å². The van der Waals surface area contributed by atoms with Crippen LogP contribution < -0.4 is 16.3 Å². The molecule has 48 valence electrons. The van der Waals surface area contributed by atoms with Crippen LogP contribution in [-0.4, -0.2) is 14.7 Å². The zero-order valence-corrected chi connectivity index (χ0v) is 4.68. The van der Waals surface area contributed by atoms with Crippen LogP contribution in [-0.2, 0) is 11.3 Å². The average Bonchev–Trinajstić information content (AvgIpc) is 1.61. The monoisotopic (exact) mass is 138 g/mol. The zero-order chi connectivity index (χ0) is 6.57. The van der Waals surface area contributed by atoms with Crippen LogP contribution in [0.3, 0.4) is 0 Å². The van der Waals surface area contributed by atoms with Gasteiger partial charge >= 0.3 is 0 Å². The summed E-state index contributed by atoms with van der Waals surface area (Å²) in [6, 6.07) is 0. The van der Waals surface area contributed by atoms with Crippen molar-refractivity contribution in [1.29, 1.82) is 0 Å². The molecule has 0 aromatic rings. The Morgan fingerprint density at radius 1 is 1.75 bits per heavy atom. The van der Waals surface area contributed by atoms with E-state index in [1.165, 1.54) is 0 Å². The van der Waals surface area contributed by atoms with E-state index in [2.05, 4.69) is 5.10 Å². The van der Waals surface area contributed by atoms with Gasteiger partial charge in [-0.25, -0.2) is 4.21 Å². The highest BCUT2D eigenvalue weighted by molar-refractivity contribution is 7.77. The van der Waals surface area contributed by atoms with Gasteiger partial charge in [0.15, 0.2) is 0 Å². The molecule has 1 unspecified atom stereocenters. The predicted molar refractivity (Wildman–Crippen MR) is 29.7 cm³/mol. The van der Waals surface area contributed by atoms with Gasteiger partial charge in [-0.1, -0.05) is 0 Å². The van der Waals surface area contributed by atoms with Crippen molar-refractivity contribution >= 4 is 17.2 Å². The molecule has 8 heavy (non-hydrogen) atoms. The second kappa shape index (κ2) is 3.22. The van der Waals surface area contributed by atoms with Crippen LogP contribution in [0.1, 0.15) is 0 Å². The quantitative estimate of drug-likeness (QED) is 0.151. The predicted octanol–water partition coefficient (Wildman–Crippen LogP) is -2.10. The van der Waals surface area contributed by atoms with E-state index in [0.717, 1.165) is 0 Å². The Morgan fingerprint density at radius 3 is 2.38 bits per heavy atom. The molecule has 0 heterocycles. The molecule has 0 saturated heterocycles. The highest BCUT2D eigenvalue weighted by Crippen LogP contribution is 1.59. The third kappa shape index (κ3) is 5.18. The SMILES string of the molecule is NC(N)=NNS(=O)O. The van der Waals surface area contributed by atoms with E-state index >= 15 is 0 Å². The summed E-state index contributed by atoms with van der Waals surface area (Å²) in [6.45, 7) is 0. The molecule has 0 radical (unpaired) electrons. The number of nitrogens with zero attached hydrogens (tertiary/aromatic N) is 1. The van der Waals surface area contributed by atoms with Gasteiger partial charge in [0.2, 0.25) is 5.96 Å². The molecule has 0 saturated carbocycles. The van der Waals surface area contributed by atoms with Crippen molar-refractivity contribution in [3.8, 4) is 0 Å². The van der Waals surface area contributed by atoms with Crippen molar-refractivity contribution in [3.63, 3.8) is 0 Å². The first-order valence-corrected chi connectivity index (χ1v) is 2.68. The normalized spacial score (nSPS) is 12.1. The molecule has 0 aliphatic carbocycles. The molecule has 0 aliphatic rings.